The molecule has 0 atom stereocenters. The molecule has 1 aliphatic heterocycles. The molecule has 11 heteroatoms. The highest BCUT2D eigenvalue weighted by Gasteiger charge is 2.33. The number of hydrogen-bond donors (Lipinski definition) is 1. The predicted octanol–water partition coefficient (Wildman–Crippen LogP) is 7.46. The minimum absolute atomic E-state index is 0.157. The van der Waals surface area contributed by atoms with E-state index in [1.165, 1.54) is 28.0 Å². The van der Waals surface area contributed by atoms with E-state index in [1.807, 2.05) is 54.6 Å². The van der Waals surface area contributed by atoms with Gasteiger partial charge in [-0.2, -0.15) is 0 Å². The summed E-state index contributed by atoms with van der Waals surface area (Å²) < 4.78 is 6.11. The summed E-state index contributed by atoms with van der Waals surface area (Å²) in [6.07, 6.45) is 4.14. The molecule has 196 valence electrons. The Balaban J connectivity index is 1.13. The molecule has 0 aliphatic carbocycles. The Morgan fingerprint density at radius 2 is 1.82 bits per heavy atom. The molecule has 4 aromatic rings. The molecule has 6 nitrogen and oxygen atoms in total. The Morgan fingerprint density at radius 3 is 2.56 bits per heavy atom. The number of benzene rings is 3. The van der Waals surface area contributed by atoms with Gasteiger partial charge in [-0.1, -0.05) is 83.6 Å². The first-order chi connectivity index (χ1) is 18.9. The number of rotatable bonds is 8. The molecule has 1 saturated heterocycles. The Bertz CT molecular complexity index is 1570. The minimum Gasteiger partial charge on any atom is -0.484 e. The molecule has 0 spiro atoms. The Kier molecular flexibility index (Phi) is 8.64. The topological polar surface area (TPSA) is 71.5 Å². The number of ether oxygens (including phenoxy) is 1. The smallest absolute Gasteiger partial charge is 0.270 e. The van der Waals surface area contributed by atoms with E-state index in [1.54, 1.807) is 30.5 Å². The van der Waals surface area contributed by atoms with E-state index < -0.39 is 0 Å². The zero-order valence-corrected chi connectivity index (χ0v) is 24.1. The van der Waals surface area contributed by atoms with Crippen molar-refractivity contribution in [1.29, 1.82) is 0 Å². The quantitative estimate of drug-likeness (QED) is 0.165. The number of anilines is 2. The summed E-state index contributed by atoms with van der Waals surface area (Å²) in [7, 11) is 0. The van der Waals surface area contributed by atoms with E-state index in [2.05, 4.69) is 10.3 Å². The number of thiazole rings is 1. The molecule has 1 aliphatic rings. The van der Waals surface area contributed by atoms with Crippen molar-refractivity contribution in [2.45, 2.75) is 6.42 Å². The molecule has 39 heavy (non-hydrogen) atoms. The third-order valence-electron chi connectivity index (χ3n) is 5.52. The van der Waals surface area contributed by atoms with Crippen molar-refractivity contribution in [3.63, 3.8) is 0 Å². The van der Waals surface area contributed by atoms with E-state index >= 15 is 0 Å². The van der Waals surface area contributed by atoms with Gasteiger partial charge in [-0.25, -0.2) is 4.98 Å². The zero-order chi connectivity index (χ0) is 27.4. The summed E-state index contributed by atoms with van der Waals surface area (Å²) in [5, 5.41) is 4.25. The lowest BCUT2D eigenvalue weighted by Gasteiger charge is -2.13. The van der Waals surface area contributed by atoms with Crippen LogP contribution in [-0.2, 0) is 16.0 Å². The van der Waals surface area contributed by atoms with Gasteiger partial charge >= 0.3 is 0 Å². The van der Waals surface area contributed by atoms with Gasteiger partial charge in [0.05, 0.1) is 20.6 Å². The lowest BCUT2D eigenvalue weighted by molar-refractivity contribution is -0.118. The maximum Gasteiger partial charge on any atom is 0.270 e. The average Bonchev–Trinajstić information content (AvgIpc) is 3.48. The van der Waals surface area contributed by atoms with Crippen LogP contribution < -0.4 is 15.0 Å². The van der Waals surface area contributed by atoms with Crippen molar-refractivity contribution in [3.8, 4) is 5.75 Å². The first-order valence-electron chi connectivity index (χ1n) is 11.6. The highest BCUT2D eigenvalue weighted by atomic mass is 35.5. The van der Waals surface area contributed by atoms with E-state index in [4.69, 9.17) is 40.2 Å². The van der Waals surface area contributed by atoms with Crippen molar-refractivity contribution in [2.75, 3.05) is 16.8 Å². The number of aromatic nitrogens is 1. The number of nitrogens with one attached hydrogen (secondary N) is 1. The maximum atomic E-state index is 12.9. The number of hydrogen-bond acceptors (Lipinski definition) is 7. The predicted molar refractivity (Wildman–Crippen MR) is 164 cm³/mol. The molecule has 1 aromatic heterocycles. The number of carbonyl (C=O) groups excluding carboxylic acids is 2. The van der Waals surface area contributed by atoms with E-state index in [0.717, 1.165) is 21.7 Å². The van der Waals surface area contributed by atoms with Crippen LogP contribution in [0, 0.1) is 0 Å². The van der Waals surface area contributed by atoms with Crippen LogP contribution >= 0.6 is 58.5 Å². The molecule has 0 saturated carbocycles. The number of thioether (sulfide) groups is 1. The van der Waals surface area contributed by atoms with Crippen molar-refractivity contribution < 1.29 is 14.3 Å². The van der Waals surface area contributed by atoms with Gasteiger partial charge in [-0.15, -0.1) is 11.3 Å². The summed E-state index contributed by atoms with van der Waals surface area (Å²) in [4.78, 5) is 32.6. The number of carbonyl (C=O) groups is 2. The molecule has 0 unspecified atom stereocenters. The van der Waals surface area contributed by atoms with Crippen LogP contribution in [0.2, 0.25) is 10.0 Å². The lowest BCUT2D eigenvalue weighted by atomic mass is 10.1. The summed E-state index contributed by atoms with van der Waals surface area (Å²) >= 11 is 20.1. The third-order valence-corrected chi connectivity index (χ3v) is 8.47. The largest absolute Gasteiger partial charge is 0.484 e. The first-order valence-corrected chi connectivity index (χ1v) is 14.4. The van der Waals surface area contributed by atoms with Gasteiger partial charge in [0.1, 0.15) is 5.75 Å². The number of thiocarbonyl (C=S) groups is 1. The van der Waals surface area contributed by atoms with Crippen molar-refractivity contribution in [3.05, 3.63) is 110 Å². The van der Waals surface area contributed by atoms with Gasteiger partial charge in [0.15, 0.2) is 16.1 Å². The Hall–Kier alpha value is -3.21. The fourth-order valence-corrected chi connectivity index (χ4v) is 6.16. The molecule has 1 N–H and O–H groups in total. The van der Waals surface area contributed by atoms with Crippen LogP contribution in [0.4, 0.5) is 10.8 Å². The second-order valence-corrected chi connectivity index (χ2v) is 11.9. The molecule has 3 aromatic carbocycles. The summed E-state index contributed by atoms with van der Waals surface area (Å²) in [5.74, 6) is 0.0492. The number of amides is 2. The van der Waals surface area contributed by atoms with Crippen LogP contribution in [-0.4, -0.2) is 27.7 Å². The minimum atomic E-state index is -0.320. The highest BCUT2D eigenvalue weighted by molar-refractivity contribution is 8.27. The second kappa shape index (κ2) is 12.3. The first kappa shape index (κ1) is 27.4. The molecule has 0 bridgehead atoms. The summed E-state index contributed by atoms with van der Waals surface area (Å²) in [5.41, 5.74) is 2.56. The van der Waals surface area contributed by atoms with Gasteiger partial charge in [0.2, 0.25) is 0 Å². The molecule has 2 heterocycles. The fraction of sp³-hybridized carbons (Fsp3) is 0.0714. The van der Waals surface area contributed by atoms with Gasteiger partial charge in [-0.05, 0) is 53.6 Å². The van der Waals surface area contributed by atoms with E-state index in [9.17, 15) is 9.59 Å². The van der Waals surface area contributed by atoms with Crippen LogP contribution in [0.5, 0.6) is 5.75 Å². The normalized spacial score (nSPS) is 14.2. The van der Waals surface area contributed by atoms with Crippen LogP contribution in [0.15, 0.2) is 83.9 Å². The molecular weight excluding hydrogens is 593 g/mol. The fourth-order valence-electron chi connectivity index (χ4n) is 3.68. The Labute approximate surface area is 248 Å². The van der Waals surface area contributed by atoms with Crippen LogP contribution in [0.3, 0.4) is 0 Å². The van der Waals surface area contributed by atoms with Crippen LogP contribution in [0.1, 0.15) is 16.0 Å². The molecule has 0 radical (unpaired) electrons. The van der Waals surface area contributed by atoms with Gasteiger partial charge in [-0.3, -0.25) is 19.8 Å². The van der Waals surface area contributed by atoms with E-state index in [0.29, 0.717) is 36.6 Å². The Morgan fingerprint density at radius 1 is 1.05 bits per heavy atom. The standard InChI is InChI=1S/C28H19Cl2N3O3S3/c29-22-11-8-18(13-23(22)30)12-21-15-31-27(38-21)32-25(34)16-36-20-9-6-17(7-10-20)14-24-26(35)33(28(37)39-24)19-4-2-1-3-5-19/h1-11,13-15H,12,16H2,(H,31,32,34)/b24-14-. The average molecular weight is 613 g/mol. The molecule has 1 fully saturated rings. The molecule has 5 rings (SSSR count). The highest BCUT2D eigenvalue weighted by Crippen LogP contribution is 2.36. The molecule has 2 amide bonds. The van der Waals surface area contributed by atoms with Crippen molar-refractivity contribution in [2.24, 2.45) is 0 Å². The second-order valence-electron chi connectivity index (χ2n) is 8.32. The SMILES string of the molecule is O=C(COc1ccc(/C=C2\SC(=S)N(c3ccccc3)C2=O)cc1)Nc1ncc(Cc2ccc(Cl)c(Cl)c2)s1. The zero-order valence-electron chi connectivity index (χ0n) is 20.1. The van der Waals surface area contributed by atoms with Crippen molar-refractivity contribution >= 4 is 91.5 Å². The molecular formula is C28H19Cl2N3O3S3. The monoisotopic (exact) mass is 611 g/mol. The van der Waals surface area contributed by atoms with Gasteiger partial charge in [0.25, 0.3) is 11.8 Å². The third kappa shape index (κ3) is 6.87. The summed E-state index contributed by atoms with van der Waals surface area (Å²) in [6.45, 7) is -0.170. The van der Waals surface area contributed by atoms with Crippen LogP contribution in [0.25, 0.3) is 6.08 Å². The van der Waals surface area contributed by atoms with Gasteiger partial charge in [0, 0.05) is 17.5 Å². The summed E-state index contributed by atoms with van der Waals surface area (Å²) in [6, 6.07) is 21.9. The number of para-hydroxylation sites is 1. The number of nitrogens with zero attached hydrogens (tertiary/aromatic N) is 2. The maximum absolute atomic E-state index is 12.9. The van der Waals surface area contributed by atoms with Gasteiger partial charge < -0.3 is 4.74 Å². The number of halogens is 2. The lowest BCUT2D eigenvalue weighted by Crippen LogP contribution is -2.27. The van der Waals surface area contributed by atoms with E-state index in [-0.39, 0.29) is 18.4 Å². The van der Waals surface area contributed by atoms with Crippen molar-refractivity contribution in [1.82, 2.24) is 4.98 Å².